The van der Waals surface area contributed by atoms with Crippen LogP contribution in [0.3, 0.4) is 0 Å². The van der Waals surface area contributed by atoms with Crippen LogP contribution in [0, 0.1) is 0 Å². The summed E-state index contributed by atoms with van der Waals surface area (Å²) in [7, 11) is 0. The molecule has 2 aromatic carbocycles. The molecule has 2 rings (SSSR count). The molecule has 4 heteroatoms. The molecule has 2 aromatic rings. The summed E-state index contributed by atoms with van der Waals surface area (Å²) in [5.74, 6) is 1.36. The molecule has 0 aliphatic heterocycles. The summed E-state index contributed by atoms with van der Waals surface area (Å²) in [4.78, 5) is 11.9. The lowest BCUT2D eigenvalue weighted by atomic mass is 10.2. The summed E-state index contributed by atoms with van der Waals surface area (Å²) in [6.07, 6.45) is 1.11. The van der Waals surface area contributed by atoms with Crippen molar-refractivity contribution in [3.8, 4) is 11.5 Å². The van der Waals surface area contributed by atoms with Crippen LogP contribution in [0.5, 0.6) is 11.5 Å². The molecule has 0 bridgehead atoms. The number of carbonyl (C=O) groups excluding carboxylic acids is 1. The second-order valence-electron chi connectivity index (χ2n) is 5.88. The van der Waals surface area contributed by atoms with Crippen LogP contribution >= 0.6 is 0 Å². The number of benzene rings is 2. The van der Waals surface area contributed by atoms with Gasteiger partial charge in [-0.15, -0.1) is 0 Å². The first-order valence-electron chi connectivity index (χ1n) is 8.31. The van der Waals surface area contributed by atoms with Crippen molar-refractivity contribution in [3.63, 3.8) is 0 Å². The third-order valence-corrected chi connectivity index (χ3v) is 3.46. The number of aryl methyl sites for hydroxylation is 1. The minimum absolute atomic E-state index is 0.00760. The molecular formula is C20H25NO3. The van der Waals surface area contributed by atoms with Crippen molar-refractivity contribution < 1.29 is 14.3 Å². The van der Waals surface area contributed by atoms with Crippen molar-refractivity contribution in [2.45, 2.75) is 39.8 Å². The van der Waals surface area contributed by atoms with E-state index in [1.54, 1.807) is 0 Å². The van der Waals surface area contributed by atoms with Crippen molar-refractivity contribution >= 4 is 5.91 Å². The van der Waals surface area contributed by atoms with Crippen molar-refractivity contribution in [2.24, 2.45) is 0 Å². The van der Waals surface area contributed by atoms with Crippen LogP contribution < -0.4 is 14.8 Å². The predicted molar refractivity (Wildman–Crippen MR) is 95.4 cm³/mol. The number of hydrogen-bond acceptors (Lipinski definition) is 3. The van der Waals surface area contributed by atoms with Crippen LogP contribution in [0.25, 0.3) is 0 Å². The summed E-state index contributed by atoms with van der Waals surface area (Å²) >= 11 is 0. The second kappa shape index (κ2) is 8.96. The Hall–Kier alpha value is -2.49. The molecule has 0 heterocycles. The Morgan fingerprint density at radius 3 is 2.46 bits per heavy atom. The van der Waals surface area contributed by atoms with Gasteiger partial charge in [0, 0.05) is 6.54 Å². The van der Waals surface area contributed by atoms with Crippen molar-refractivity contribution in [1.29, 1.82) is 0 Å². The summed E-state index contributed by atoms with van der Waals surface area (Å²) < 4.78 is 11.1. The molecule has 0 saturated heterocycles. The maximum atomic E-state index is 11.9. The van der Waals surface area contributed by atoms with E-state index in [1.165, 1.54) is 5.56 Å². The number of rotatable bonds is 8. The van der Waals surface area contributed by atoms with Crippen molar-refractivity contribution in [1.82, 2.24) is 5.32 Å². The lowest BCUT2D eigenvalue weighted by Gasteiger charge is -2.11. The highest BCUT2D eigenvalue weighted by atomic mass is 16.5. The molecule has 128 valence electrons. The fourth-order valence-corrected chi connectivity index (χ4v) is 2.22. The van der Waals surface area contributed by atoms with Gasteiger partial charge >= 0.3 is 0 Å². The van der Waals surface area contributed by atoms with Gasteiger partial charge in [-0.3, -0.25) is 4.79 Å². The van der Waals surface area contributed by atoms with Gasteiger partial charge in [0.15, 0.2) is 6.61 Å². The van der Waals surface area contributed by atoms with Crippen LogP contribution in [0.15, 0.2) is 48.5 Å². The number of hydrogen-bond donors (Lipinski definition) is 1. The van der Waals surface area contributed by atoms with Crippen LogP contribution in [0.2, 0.25) is 0 Å². The van der Waals surface area contributed by atoms with Gasteiger partial charge in [0.1, 0.15) is 11.5 Å². The molecule has 0 spiro atoms. The number of ether oxygens (including phenoxy) is 2. The number of carbonyl (C=O) groups is 1. The fraction of sp³-hybridized carbons (Fsp3) is 0.350. The predicted octanol–water partition coefficient (Wildman–Crippen LogP) is 3.73. The maximum absolute atomic E-state index is 11.9. The van der Waals surface area contributed by atoms with E-state index >= 15 is 0 Å². The first-order valence-corrected chi connectivity index (χ1v) is 8.31. The van der Waals surface area contributed by atoms with E-state index in [1.807, 2.05) is 62.4 Å². The van der Waals surface area contributed by atoms with Gasteiger partial charge < -0.3 is 14.8 Å². The Bertz CT molecular complexity index is 650. The summed E-state index contributed by atoms with van der Waals surface area (Å²) in [5, 5.41) is 2.85. The third kappa shape index (κ3) is 5.95. The Balaban J connectivity index is 1.78. The lowest BCUT2D eigenvalue weighted by Crippen LogP contribution is -2.28. The molecule has 4 nitrogen and oxygen atoms in total. The van der Waals surface area contributed by atoms with Crippen LogP contribution in [0.4, 0.5) is 0 Å². The molecule has 1 N–H and O–H groups in total. The van der Waals surface area contributed by atoms with E-state index in [9.17, 15) is 4.79 Å². The van der Waals surface area contributed by atoms with E-state index in [2.05, 4.69) is 12.2 Å². The van der Waals surface area contributed by atoms with E-state index in [0.717, 1.165) is 17.7 Å². The monoisotopic (exact) mass is 327 g/mol. The summed E-state index contributed by atoms with van der Waals surface area (Å²) in [5.41, 5.74) is 2.24. The maximum Gasteiger partial charge on any atom is 0.258 e. The minimum atomic E-state index is -0.148. The number of amides is 1. The largest absolute Gasteiger partial charge is 0.491 e. The average Bonchev–Trinajstić information content (AvgIpc) is 2.58. The van der Waals surface area contributed by atoms with Gasteiger partial charge in [-0.25, -0.2) is 0 Å². The second-order valence-corrected chi connectivity index (χ2v) is 5.88. The highest BCUT2D eigenvalue weighted by Gasteiger charge is 2.04. The SMILES string of the molecule is CCc1ccc(OCC(=O)NCc2cccc(OC(C)C)c2)cc1. The van der Waals surface area contributed by atoms with Gasteiger partial charge in [-0.05, 0) is 55.7 Å². The van der Waals surface area contributed by atoms with Gasteiger partial charge in [0.2, 0.25) is 0 Å². The smallest absolute Gasteiger partial charge is 0.258 e. The Morgan fingerprint density at radius 1 is 1.04 bits per heavy atom. The molecule has 0 aromatic heterocycles. The van der Waals surface area contributed by atoms with Crippen molar-refractivity contribution in [3.05, 3.63) is 59.7 Å². The molecule has 1 amide bonds. The third-order valence-electron chi connectivity index (χ3n) is 3.46. The lowest BCUT2D eigenvalue weighted by molar-refractivity contribution is -0.123. The van der Waals surface area contributed by atoms with Gasteiger partial charge in [-0.1, -0.05) is 31.2 Å². The molecule has 0 saturated carbocycles. The van der Waals surface area contributed by atoms with E-state index < -0.39 is 0 Å². The molecule has 24 heavy (non-hydrogen) atoms. The first kappa shape index (κ1) is 17.9. The molecular weight excluding hydrogens is 302 g/mol. The molecule has 0 aliphatic rings. The van der Waals surface area contributed by atoms with E-state index in [4.69, 9.17) is 9.47 Å². The molecule has 0 aliphatic carbocycles. The Labute approximate surface area is 143 Å². The standard InChI is InChI=1S/C20H25NO3/c1-4-16-8-10-18(11-9-16)23-14-20(22)21-13-17-6-5-7-19(12-17)24-15(2)3/h5-12,15H,4,13-14H2,1-3H3,(H,21,22). The van der Waals surface area contributed by atoms with E-state index in [-0.39, 0.29) is 18.6 Å². The normalized spacial score (nSPS) is 10.5. The topological polar surface area (TPSA) is 47.6 Å². The quantitative estimate of drug-likeness (QED) is 0.803. The Kier molecular flexibility index (Phi) is 6.67. The molecule has 0 unspecified atom stereocenters. The van der Waals surface area contributed by atoms with Gasteiger partial charge in [-0.2, -0.15) is 0 Å². The summed E-state index contributed by atoms with van der Waals surface area (Å²) in [6, 6.07) is 15.5. The van der Waals surface area contributed by atoms with Crippen LogP contribution in [-0.2, 0) is 17.8 Å². The highest BCUT2D eigenvalue weighted by molar-refractivity contribution is 5.77. The summed E-state index contributed by atoms with van der Waals surface area (Å²) in [6.45, 7) is 6.53. The zero-order valence-corrected chi connectivity index (χ0v) is 14.5. The van der Waals surface area contributed by atoms with Crippen LogP contribution in [-0.4, -0.2) is 18.6 Å². The Morgan fingerprint density at radius 2 is 1.79 bits per heavy atom. The van der Waals surface area contributed by atoms with Gasteiger partial charge in [0.05, 0.1) is 6.10 Å². The molecule has 0 atom stereocenters. The first-order chi connectivity index (χ1) is 11.6. The minimum Gasteiger partial charge on any atom is -0.491 e. The zero-order valence-electron chi connectivity index (χ0n) is 14.5. The fourth-order valence-electron chi connectivity index (χ4n) is 2.22. The highest BCUT2D eigenvalue weighted by Crippen LogP contribution is 2.15. The van der Waals surface area contributed by atoms with Gasteiger partial charge in [0.25, 0.3) is 5.91 Å². The zero-order chi connectivity index (χ0) is 17.4. The van der Waals surface area contributed by atoms with Crippen LogP contribution in [0.1, 0.15) is 31.9 Å². The average molecular weight is 327 g/mol. The van der Waals surface area contributed by atoms with Crippen molar-refractivity contribution in [2.75, 3.05) is 6.61 Å². The number of nitrogens with one attached hydrogen (secondary N) is 1. The molecule has 0 radical (unpaired) electrons. The molecule has 0 fully saturated rings. The van der Waals surface area contributed by atoms with E-state index in [0.29, 0.717) is 12.3 Å².